The van der Waals surface area contributed by atoms with Gasteiger partial charge in [-0.25, -0.2) is 4.39 Å². The molecule has 14 heteroatoms. The summed E-state index contributed by atoms with van der Waals surface area (Å²) in [6.45, 7) is -3.88. The fourth-order valence-electron chi connectivity index (χ4n) is 2.69. The van der Waals surface area contributed by atoms with E-state index in [0.717, 1.165) is 0 Å². The first-order valence-corrected chi connectivity index (χ1v) is 7.27. The van der Waals surface area contributed by atoms with Gasteiger partial charge in [0.1, 0.15) is 37.1 Å². The van der Waals surface area contributed by atoms with Crippen molar-refractivity contribution in [3.05, 3.63) is 0 Å². The van der Waals surface area contributed by atoms with Crippen LogP contribution in [0.5, 0.6) is 0 Å². The third-order valence-corrected chi connectivity index (χ3v) is 4.30. The fourth-order valence-corrected chi connectivity index (χ4v) is 2.69. The van der Waals surface area contributed by atoms with Crippen molar-refractivity contribution in [1.29, 1.82) is 0 Å². The molecule has 2 rings (SSSR count). The molecule has 2 heterocycles. The standard InChI is InChI=1S/C12H19F3O11/c13-10(22)7(20)5(2-17)25-12(15,11(10,14)23)26-9(3-18)8(21)6(19)4(1-16)24-9/h4-8,16-23H,1-3H2/t4-,5-,6-,7-,8+,9?,10+,11-,12-/m1/s1. The van der Waals surface area contributed by atoms with Crippen LogP contribution in [-0.4, -0.2) is 115 Å². The van der Waals surface area contributed by atoms with Gasteiger partial charge in [0.25, 0.3) is 0 Å². The highest BCUT2D eigenvalue weighted by Crippen LogP contribution is 2.51. The van der Waals surface area contributed by atoms with E-state index in [9.17, 15) is 43.8 Å². The molecule has 2 saturated heterocycles. The van der Waals surface area contributed by atoms with E-state index >= 15 is 0 Å². The van der Waals surface area contributed by atoms with E-state index in [4.69, 9.17) is 14.9 Å². The van der Waals surface area contributed by atoms with Crippen LogP contribution in [-0.2, 0) is 14.2 Å². The van der Waals surface area contributed by atoms with E-state index in [1.165, 1.54) is 0 Å². The van der Waals surface area contributed by atoms with Gasteiger partial charge in [-0.3, -0.25) is 4.74 Å². The van der Waals surface area contributed by atoms with Crippen molar-refractivity contribution in [3.63, 3.8) is 0 Å². The van der Waals surface area contributed by atoms with Crippen LogP contribution >= 0.6 is 0 Å². The maximum absolute atomic E-state index is 14.9. The van der Waals surface area contributed by atoms with Crippen molar-refractivity contribution in [2.45, 2.75) is 54.1 Å². The van der Waals surface area contributed by atoms with Gasteiger partial charge in [0.05, 0.1) is 13.2 Å². The summed E-state index contributed by atoms with van der Waals surface area (Å²) in [5, 5.41) is 75.1. The number of rotatable bonds is 5. The molecule has 0 aliphatic carbocycles. The van der Waals surface area contributed by atoms with E-state index in [1.807, 2.05) is 0 Å². The van der Waals surface area contributed by atoms with Crippen LogP contribution < -0.4 is 0 Å². The number of alkyl halides is 3. The van der Waals surface area contributed by atoms with Crippen LogP contribution in [0.4, 0.5) is 13.2 Å². The fraction of sp³-hybridized carbons (Fsp3) is 1.00. The molecule has 0 saturated carbocycles. The maximum atomic E-state index is 14.9. The Kier molecular flexibility index (Phi) is 5.62. The van der Waals surface area contributed by atoms with Gasteiger partial charge in [-0.05, 0) is 0 Å². The Morgan fingerprint density at radius 3 is 1.81 bits per heavy atom. The normalized spacial score (nSPS) is 55.3. The predicted octanol–water partition coefficient (Wildman–Crippen LogP) is -4.50. The topological polar surface area (TPSA) is 190 Å². The first kappa shape index (κ1) is 21.6. The SMILES string of the molecule is OC[C@H]1OC(CO)(O[C@]2(F)O[C@H](CO)[C@@H](O)[C@@](O)(F)[C@]2(O)F)[C@@H](O)[C@@H]1O. The lowest BCUT2D eigenvalue weighted by atomic mass is 9.93. The van der Waals surface area contributed by atoms with Crippen LogP contribution in [0.15, 0.2) is 0 Å². The lowest BCUT2D eigenvalue weighted by Crippen LogP contribution is -2.77. The van der Waals surface area contributed by atoms with E-state index in [0.29, 0.717) is 0 Å². The van der Waals surface area contributed by atoms with Gasteiger partial charge >= 0.3 is 17.8 Å². The van der Waals surface area contributed by atoms with Crippen LogP contribution in [0.3, 0.4) is 0 Å². The molecular weight excluding hydrogens is 377 g/mol. The van der Waals surface area contributed by atoms with Crippen LogP contribution in [0.1, 0.15) is 0 Å². The van der Waals surface area contributed by atoms with Crippen molar-refractivity contribution in [1.82, 2.24) is 0 Å². The summed E-state index contributed by atoms with van der Waals surface area (Å²) in [6.07, 6.45) is -11.3. The Balaban J connectivity index is 2.44. The Morgan fingerprint density at radius 2 is 1.38 bits per heavy atom. The average Bonchev–Trinajstić information content (AvgIpc) is 2.82. The van der Waals surface area contributed by atoms with E-state index in [2.05, 4.69) is 9.47 Å². The molecule has 0 spiro atoms. The number of aliphatic hydroxyl groups excluding tert-OH is 6. The first-order valence-electron chi connectivity index (χ1n) is 7.27. The first-order chi connectivity index (χ1) is 11.8. The number of hydrogen-bond acceptors (Lipinski definition) is 11. The quantitative estimate of drug-likeness (QED) is 0.224. The molecule has 11 nitrogen and oxygen atoms in total. The molecule has 0 bridgehead atoms. The van der Waals surface area contributed by atoms with Gasteiger partial charge in [-0.1, -0.05) is 0 Å². The van der Waals surface area contributed by atoms with Crippen LogP contribution in [0.2, 0.25) is 0 Å². The minimum Gasteiger partial charge on any atom is -0.394 e. The van der Waals surface area contributed by atoms with Crippen molar-refractivity contribution in [3.8, 4) is 0 Å². The molecule has 154 valence electrons. The minimum atomic E-state index is -5.15. The molecule has 1 unspecified atom stereocenters. The van der Waals surface area contributed by atoms with Gasteiger partial charge in [0.15, 0.2) is 0 Å². The second-order valence-electron chi connectivity index (χ2n) is 5.96. The zero-order chi connectivity index (χ0) is 20.1. The van der Waals surface area contributed by atoms with Gasteiger partial charge in [-0.15, -0.1) is 0 Å². The third-order valence-electron chi connectivity index (χ3n) is 4.30. The molecule has 0 aromatic carbocycles. The van der Waals surface area contributed by atoms with Crippen LogP contribution in [0, 0.1) is 0 Å². The molecule has 2 fully saturated rings. The number of halogens is 3. The third kappa shape index (κ3) is 2.82. The van der Waals surface area contributed by atoms with E-state index in [-0.39, 0.29) is 0 Å². The molecular formula is C12H19F3O11. The van der Waals surface area contributed by atoms with Gasteiger partial charge in [-0.2, -0.15) is 8.78 Å². The van der Waals surface area contributed by atoms with Gasteiger partial charge in [0.2, 0.25) is 5.79 Å². The lowest BCUT2D eigenvalue weighted by molar-refractivity contribution is -0.551. The van der Waals surface area contributed by atoms with Crippen LogP contribution in [0.25, 0.3) is 0 Å². The number of aliphatic hydroxyl groups is 8. The number of ether oxygens (including phenoxy) is 3. The largest absolute Gasteiger partial charge is 0.394 e. The second kappa shape index (κ2) is 6.75. The molecule has 0 amide bonds. The smallest absolute Gasteiger partial charge is 0.390 e. The lowest BCUT2D eigenvalue weighted by Gasteiger charge is -2.50. The molecule has 26 heavy (non-hydrogen) atoms. The van der Waals surface area contributed by atoms with Crippen molar-refractivity contribution >= 4 is 0 Å². The summed E-state index contributed by atoms with van der Waals surface area (Å²) in [7, 11) is 0. The van der Waals surface area contributed by atoms with E-state index in [1.54, 1.807) is 0 Å². The average molecular weight is 396 g/mol. The molecule has 0 aromatic heterocycles. The summed E-state index contributed by atoms with van der Waals surface area (Å²) in [5.74, 6) is -13.0. The summed E-state index contributed by atoms with van der Waals surface area (Å²) >= 11 is 0. The zero-order valence-electron chi connectivity index (χ0n) is 12.9. The molecule has 8 N–H and O–H groups in total. The number of hydrogen-bond donors (Lipinski definition) is 8. The van der Waals surface area contributed by atoms with Crippen molar-refractivity contribution in [2.75, 3.05) is 19.8 Å². The summed E-state index contributed by atoms with van der Waals surface area (Å²) in [6, 6.07) is -4.75. The maximum Gasteiger partial charge on any atom is 0.390 e. The highest BCUT2D eigenvalue weighted by Gasteiger charge is 2.79. The Hall–Kier alpha value is -0.650. The highest BCUT2D eigenvalue weighted by atomic mass is 19.2. The molecule has 2 aliphatic heterocycles. The predicted molar refractivity (Wildman–Crippen MR) is 68.8 cm³/mol. The highest BCUT2D eigenvalue weighted by molar-refractivity contribution is 5.05. The Labute approximate surface area is 143 Å². The van der Waals surface area contributed by atoms with Crippen molar-refractivity contribution < 1.29 is 68.2 Å². The monoisotopic (exact) mass is 396 g/mol. The summed E-state index contributed by atoms with van der Waals surface area (Å²) in [5.41, 5.74) is 0. The van der Waals surface area contributed by atoms with Crippen molar-refractivity contribution in [2.24, 2.45) is 0 Å². The van der Waals surface area contributed by atoms with Gasteiger partial charge < -0.3 is 50.3 Å². The van der Waals surface area contributed by atoms with E-state index < -0.39 is 73.9 Å². The second-order valence-corrected chi connectivity index (χ2v) is 5.96. The van der Waals surface area contributed by atoms with Gasteiger partial charge in [0, 0.05) is 0 Å². The Bertz CT molecular complexity index is 523. The molecule has 0 radical (unpaired) electrons. The molecule has 9 atom stereocenters. The summed E-state index contributed by atoms with van der Waals surface area (Å²) in [4.78, 5) is 0. The zero-order valence-corrected chi connectivity index (χ0v) is 12.9. The minimum absolute atomic E-state index is 0.978. The molecule has 0 aromatic rings. The molecule has 2 aliphatic rings. The summed E-state index contributed by atoms with van der Waals surface area (Å²) < 4.78 is 56.6. The Morgan fingerprint density at radius 1 is 0.846 bits per heavy atom.